The van der Waals surface area contributed by atoms with Crippen molar-refractivity contribution in [3.63, 3.8) is 0 Å². The van der Waals surface area contributed by atoms with E-state index in [1.54, 1.807) is 7.05 Å². The summed E-state index contributed by atoms with van der Waals surface area (Å²) in [6, 6.07) is 2.61. The number of nitrogens with one attached hydrogen (secondary N) is 1. The fourth-order valence-electron chi connectivity index (χ4n) is 1.44. The van der Waals surface area contributed by atoms with Crippen LogP contribution in [-0.2, 0) is 0 Å². The Morgan fingerprint density at radius 1 is 1.44 bits per heavy atom. The molecule has 0 saturated heterocycles. The molecule has 5 heteroatoms. The Bertz CT molecular complexity index is 373. The molecule has 3 nitrogen and oxygen atoms in total. The third-order valence-electron chi connectivity index (χ3n) is 2.45. The molecule has 1 aromatic carbocycles. The highest BCUT2D eigenvalue weighted by Crippen LogP contribution is 2.29. The Kier molecular flexibility index (Phi) is 4.68. The second-order valence-corrected chi connectivity index (χ2v) is 4.02. The predicted molar refractivity (Wildman–Crippen MR) is 61.0 cm³/mol. The lowest BCUT2D eigenvalue weighted by Crippen LogP contribution is -2.29. The van der Waals surface area contributed by atoms with Gasteiger partial charge in [-0.25, -0.2) is 4.39 Å². The third-order valence-corrected chi connectivity index (χ3v) is 2.95. The van der Waals surface area contributed by atoms with Crippen molar-refractivity contribution in [2.45, 2.75) is 19.1 Å². The van der Waals surface area contributed by atoms with E-state index in [2.05, 4.69) is 5.32 Å². The van der Waals surface area contributed by atoms with Crippen molar-refractivity contribution in [3.8, 4) is 0 Å². The summed E-state index contributed by atoms with van der Waals surface area (Å²) >= 11 is 5.91. The lowest BCUT2D eigenvalue weighted by molar-refractivity contribution is 0.0202. The van der Waals surface area contributed by atoms with E-state index < -0.39 is 18.0 Å². The average Bonchev–Trinajstić information content (AvgIpc) is 2.26. The van der Waals surface area contributed by atoms with Crippen LogP contribution in [0.3, 0.4) is 0 Å². The number of aliphatic hydroxyl groups is 2. The predicted octanol–water partition coefficient (Wildman–Crippen LogP) is 1.40. The molecule has 3 N–H and O–H groups in total. The molecule has 0 saturated carbocycles. The zero-order chi connectivity index (χ0) is 12.3. The van der Waals surface area contributed by atoms with Crippen LogP contribution in [0.1, 0.15) is 17.2 Å². The van der Waals surface area contributed by atoms with Gasteiger partial charge in [0, 0.05) is 17.7 Å². The van der Waals surface area contributed by atoms with E-state index in [0.29, 0.717) is 5.56 Å². The standard InChI is InChI=1S/C11H15ClFNO2/c1-6-8(13)4-3-7(10(6)12)11(16)9(15)5-14-2/h3-4,9,11,14-16H,5H2,1-2H3. The summed E-state index contributed by atoms with van der Waals surface area (Å²) in [5.74, 6) is -0.427. The number of halogens is 2. The molecule has 0 spiro atoms. The molecule has 16 heavy (non-hydrogen) atoms. The minimum Gasteiger partial charge on any atom is -0.389 e. The van der Waals surface area contributed by atoms with Gasteiger partial charge in [-0.15, -0.1) is 0 Å². The maximum absolute atomic E-state index is 13.1. The van der Waals surface area contributed by atoms with Crippen LogP contribution < -0.4 is 5.32 Å². The molecule has 0 aromatic heterocycles. The van der Waals surface area contributed by atoms with Crippen molar-refractivity contribution in [2.24, 2.45) is 0 Å². The second kappa shape index (κ2) is 5.59. The van der Waals surface area contributed by atoms with Gasteiger partial charge in [-0.1, -0.05) is 17.7 Å². The zero-order valence-electron chi connectivity index (χ0n) is 9.17. The van der Waals surface area contributed by atoms with Crippen LogP contribution in [0.5, 0.6) is 0 Å². The quantitative estimate of drug-likeness (QED) is 0.754. The van der Waals surface area contributed by atoms with Crippen LogP contribution in [0.4, 0.5) is 4.39 Å². The Morgan fingerprint density at radius 3 is 2.62 bits per heavy atom. The lowest BCUT2D eigenvalue weighted by atomic mass is 10.0. The third kappa shape index (κ3) is 2.71. The lowest BCUT2D eigenvalue weighted by Gasteiger charge is -2.19. The molecule has 0 aliphatic heterocycles. The van der Waals surface area contributed by atoms with Gasteiger partial charge in [0.25, 0.3) is 0 Å². The van der Waals surface area contributed by atoms with Crippen LogP contribution in [-0.4, -0.2) is 29.9 Å². The Hall–Kier alpha value is -0.680. The number of rotatable bonds is 4. The van der Waals surface area contributed by atoms with Gasteiger partial charge in [0.05, 0.1) is 11.1 Å². The van der Waals surface area contributed by atoms with Gasteiger partial charge in [-0.2, -0.15) is 0 Å². The van der Waals surface area contributed by atoms with E-state index >= 15 is 0 Å². The molecular formula is C11H15ClFNO2. The summed E-state index contributed by atoms with van der Waals surface area (Å²) in [5.41, 5.74) is 0.609. The highest BCUT2D eigenvalue weighted by Gasteiger charge is 2.21. The summed E-state index contributed by atoms with van der Waals surface area (Å²) in [7, 11) is 1.66. The van der Waals surface area contributed by atoms with Crippen molar-refractivity contribution in [3.05, 3.63) is 34.1 Å². The van der Waals surface area contributed by atoms with Crippen LogP contribution in [0, 0.1) is 12.7 Å². The van der Waals surface area contributed by atoms with Crippen LogP contribution >= 0.6 is 11.6 Å². The second-order valence-electron chi connectivity index (χ2n) is 3.65. The number of hydrogen-bond acceptors (Lipinski definition) is 3. The van der Waals surface area contributed by atoms with Crippen molar-refractivity contribution in [2.75, 3.05) is 13.6 Å². The molecular weight excluding hydrogens is 233 g/mol. The Morgan fingerprint density at radius 2 is 2.06 bits per heavy atom. The van der Waals surface area contributed by atoms with Crippen LogP contribution in [0.25, 0.3) is 0 Å². The van der Waals surface area contributed by atoms with E-state index in [0.717, 1.165) is 0 Å². The summed E-state index contributed by atoms with van der Waals surface area (Å²) in [6.45, 7) is 1.76. The first-order chi connectivity index (χ1) is 7.49. The first-order valence-electron chi connectivity index (χ1n) is 4.94. The number of aliphatic hydroxyl groups excluding tert-OH is 2. The summed E-state index contributed by atoms with van der Waals surface area (Å²) in [6.07, 6.45) is -2.10. The molecule has 0 radical (unpaired) electrons. The summed E-state index contributed by atoms with van der Waals surface area (Å²) in [5, 5.41) is 22.3. The van der Waals surface area contributed by atoms with Gasteiger partial charge in [-0.05, 0) is 20.0 Å². The molecule has 0 heterocycles. The van der Waals surface area contributed by atoms with Gasteiger partial charge in [0.15, 0.2) is 0 Å². The monoisotopic (exact) mass is 247 g/mol. The van der Waals surface area contributed by atoms with Gasteiger partial charge in [-0.3, -0.25) is 0 Å². The minimum absolute atomic E-state index is 0.155. The fraction of sp³-hybridized carbons (Fsp3) is 0.455. The molecule has 0 bridgehead atoms. The SMILES string of the molecule is CNCC(O)C(O)c1ccc(F)c(C)c1Cl. The first-order valence-corrected chi connectivity index (χ1v) is 5.32. The fourth-order valence-corrected chi connectivity index (χ4v) is 1.70. The number of hydrogen-bond donors (Lipinski definition) is 3. The van der Waals surface area contributed by atoms with Gasteiger partial charge in [0.1, 0.15) is 11.9 Å². The van der Waals surface area contributed by atoms with Crippen LogP contribution in [0.15, 0.2) is 12.1 Å². The molecule has 2 unspecified atom stereocenters. The van der Waals surface area contributed by atoms with E-state index in [-0.39, 0.29) is 17.1 Å². The molecule has 2 atom stereocenters. The largest absolute Gasteiger partial charge is 0.389 e. The van der Waals surface area contributed by atoms with Gasteiger partial charge < -0.3 is 15.5 Å². The normalized spacial score (nSPS) is 14.9. The minimum atomic E-state index is -1.13. The Balaban J connectivity index is 3.00. The molecule has 0 amide bonds. The molecule has 90 valence electrons. The van der Waals surface area contributed by atoms with E-state index in [1.165, 1.54) is 19.1 Å². The number of benzene rings is 1. The molecule has 0 aliphatic carbocycles. The molecule has 1 rings (SSSR count). The van der Waals surface area contributed by atoms with Crippen molar-refractivity contribution >= 4 is 11.6 Å². The smallest absolute Gasteiger partial charge is 0.127 e. The maximum Gasteiger partial charge on any atom is 0.127 e. The van der Waals surface area contributed by atoms with Gasteiger partial charge in [0.2, 0.25) is 0 Å². The van der Waals surface area contributed by atoms with Crippen molar-refractivity contribution in [1.29, 1.82) is 0 Å². The first kappa shape index (κ1) is 13.4. The maximum atomic E-state index is 13.1. The zero-order valence-corrected chi connectivity index (χ0v) is 9.92. The molecule has 0 aliphatic rings. The van der Waals surface area contributed by atoms with E-state index in [4.69, 9.17) is 11.6 Å². The average molecular weight is 248 g/mol. The van der Waals surface area contributed by atoms with Crippen molar-refractivity contribution in [1.82, 2.24) is 5.32 Å². The van der Waals surface area contributed by atoms with Crippen molar-refractivity contribution < 1.29 is 14.6 Å². The summed E-state index contributed by atoms with van der Waals surface area (Å²) in [4.78, 5) is 0. The topological polar surface area (TPSA) is 52.5 Å². The number of likely N-dealkylation sites (N-methyl/N-ethyl adjacent to an activating group) is 1. The summed E-state index contributed by atoms with van der Waals surface area (Å²) < 4.78 is 13.1. The highest BCUT2D eigenvalue weighted by molar-refractivity contribution is 6.32. The highest BCUT2D eigenvalue weighted by atomic mass is 35.5. The van der Waals surface area contributed by atoms with Crippen LogP contribution in [0.2, 0.25) is 5.02 Å². The molecule has 1 aromatic rings. The van der Waals surface area contributed by atoms with Gasteiger partial charge >= 0.3 is 0 Å². The van der Waals surface area contributed by atoms with E-state index in [9.17, 15) is 14.6 Å². The molecule has 0 fully saturated rings. The van der Waals surface area contributed by atoms with E-state index in [1.807, 2.05) is 0 Å². The Labute approximate surface area is 98.9 Å².